The molecule has 1 aliphatic carbocycles. The highest BCUT2D eigenvalue weighted by Gasteiger charge is 2.51. The van der Waals surface area contributed by atoms with Crippen molar-refractivity contribution in [2.75, 3.05) is 46.6 Å². The maximum absolute atomic E-state index is 13.5. The van der Waals surface area contributed by atoms with Crippen molar-refractivity contribution in [3.8, 4) is 5.75 Å². The lowest BCUT2D eigenvalue weighted by Crippen LogP contribution is -2.57. The predicted octanol–water partition coefficient (Wildman–Crippen LogP) is 0.202. The Balaban J connectivity index is 1.41. The van der Waals surface area contributed by atoms with Crippen LogP contribution in [0.25, 0.3) is 0 Å². The van der Waals surface area contributed by atoms with Gasteiger partial charge in [-0.05, 0) is 43.9 Å². The van der Waals surface area contributed by atoms with Crippen LogP contribution in [0.5, 0.6) is 5.75 Å². The number of carbonyl (C=O) groups excluding carboxylic acids is 4. The minimum atomic E-state index is -0.952. The third-order valence-electron chi connectivity index (χ3n) is 7.47. The van der Waals surface area contributed by atoms with Crippen LogP contribution in [0.1, 0.15) is 38.7 Å². The molecule has 214 valence electrons. The molecule has 2 heterocycles. The number of amides is 3. The molecule has 3 fully saturated rings. The summed E-state index contributed by atoms with van der Waals surface area (Å²) in [5, 5.41) is 8.42. The summed E-state index contributed by atoms with van der Waals surface area (Å²) >= 11 is 0. The van der Waals surface area contributed by atoms with Gasteiger partial charge in [0.25, 0.3) is 0 Å². The Labute approximate surface area is 229 Å². The first-order valence-electron chi connectivity index (χ1n) is 13.7. The number of Topliss-reactive ketones (excluding diaryl/α,β-unsaturated/α-hetero) is 1. The van der Waals surface area contributed by atoms with Gasteiger partial charge in [-0.15, -0.1) is 0 Å². The van der Waals surface area contributed by atoms with Crippen molar-refractivity contribution in [1.29, 1.82) is 0 Å². The fourth-order valence-corrected chi connectivity index (χ4v) is 4.63. The highest BCUT2D eigenvalue weighted by Crippen LogP contribution is 2.36. The summed E-state index contributed by atoms with van der Waals surface area (Å²) in [5.74, 6) is -0.272. The molecule has 3 aliphatic rings. The number of nitrogens with zero attached hydrogens (tertiary/aromatic N) is 1. The number of nitrogens with one attached hydrogen (secondary N) is 3. The molecule has 2 aliphatic heterocycles. The van der Waals surface area contributed by atoms with Crippen molar-refractivity contribution in [2.45, 2.75) is 63.3 Å². The largest absolute Gasteiger partial charge is 0.497 e. The van der Waals surface area contributed by atoms with Crippen molar-refractivity contribution in [3.05, 3.63) is 29.8 Å². The number of hydrogen-bond donors (Lipinski definition) is 3. The summed E-state index contributed by atoms with van der Waals surface area (Å²) in [4.78, 5) is 54.2. The molecule has 1 aromatic rings. The van der Waals surface area contributed by atoms with E-state index >= 15 is 0 Å². The third kappa shape index (κ3) is 8.48. The lowest BCUT2D eigenvalue weighted by molar-refractivity contribution is -0.134. The number of carbonyl (C=O) groups is 4. The Morgan fingerprint density at radius 3 is 2.26 bits per heavy atom. The molecule has 1 aromatic carbocycles. The van der Waals surface area contributed by atoms with Crippen molar-refractivity contribution in [3.63, 3.8) is 0 Å². The van der Waals surface area contributed by atoms with E-state index in [4.69, 9.17) is 14.2 Å². The number of hydrogen-bond acceptors (Lipinski definition) is 8. The van der Waals surface area contributed by atoms with Crippen molar-refractivity contribution in [2.24, 2.45) is 5.92 Å². The van der Waals surface area contributed by atoms with E-state index in [0.29, 0.717) is 51.0 Å². The molecule has 39 heavy (non-hydrogen) atoms. The zero-order chi connectivity index (χ0) is 28.0. The number of epoxide rings is 1. The zero-order valence-corrected chi connectivity index (χ0v) is 23.0. The maximum atomic E-state index is 13.5. The summed E-state index contributed by atoms with van der Waals surface area (Å²) in [6, 6.07) is 4.73. The van der Waals surface area contributed by atoms with Gasteiger partial charge in [0.05, 0.1) is 39.5 Å². The Hall–Kier alpha value is -3.02. The van der Waals surface area contributed by atoms with E-state index in [9.17, 15) is 19.2 Å². The van der Waals surface area contributed by atoms with Gasteiger partial charge in [0.2, 0.25) is 17.7 Å². The van der Waals surface area contributed by atoms with Gasteiger partial charge >= 0.3 is 0 Å². The van der Waals surface area contributed by atoms with Crippen LogP contribution in [0.4, 0.5) is 0 Å². The topological polar surface area (TPSA) is 139 Å². The minimum absolute atomic E-state index is 0.138. The van der Waals surface area contributed by atoms with E-state index < -0.39 is 35.5 Å². The number of methoxy groups -OCH3 is 1. The van der Waals surface area contributed by atoms with E-state index in [1.165, 1.54) is 0 Å². The first-order valence-corrected chi connectivity index (χ1v) is 13.7. The molecule has 0 radical (unpaired) electrons. The minimum Gasteiger partial charge on any atom is -0.497 e. The standard InChI is InChI=1S/C28H40N4O7/c1-18(29-24(33)16-32-10-12-38-13-11-32)26(35)31-23(15-20-6-8-21(37-3)9-7-20)27(36)30-22(14-19-4-5-19)25(34)28(2)17-39-28/h6-9,18-19,22-23H,4-5,10-17H2,1-3H3,(H,29,33)(H,30,36)(H,31,35). The Kier molecular flexibility index (Phi) is 9.58. The fraction of sp³-hybridized carbons (Fsp3) is 0.643. The van der Waals surface area contributed by atoms with Gasteiger partial charge in [-0.3, -0.25) is 24.1 Å². The number of morpholine rings is 1. The van der Waals surface area contributed by atoms with Crippen LogP contribution in [-0.4, -0.2) is 98.7 Å². The molecule has 4 unspecified atom stereocenters. The molecule has 0 spiro atoms. The average molecular weight is 545 g/mol. The van der Waals surface area contributed by atoms with E-state index in [1.807, 2.05) is 17.0 Å². The Bertz CT molecular complexity index is 1030. The van der Waals surface area contributed by atoms with Crippen LogP contribution in [0.3, 0.4) is 0 Å². The van der Waals surface area contributed by atoms with E-state index in [2.05, 4.69) is 16.0 Å². The lowest BCUT2D eigenvalue weighted by Gasteiger charge is -2.27. The summed E-state index contributed by atoms with van der Waals surface area (Å²) in [5.41, 5.74) is -0.0521. The number of ketones is 1. The molecule has 0 bridgehead atoms. The summed E-state index contributed by atoms with van der Waals surface area (Å²) in [7, 11) is 1.57. The van der Waals surface area contributed by atoms with Crippen LogP contribution in [0.2, 0.25) is 0 Å². The summed E-state index contributed by atoms with van der Waals surface area (Å²) < 4.78 is 15.9. The molecule has 4 atom stereocenters. The van der Waals surface area contributed by atoms with Gasteiger partial charge in [0, 0.05) is 19.5 Å². The van der Waals surface area contributed by atoms with Gasteiger partial charge in [-0.2, -0.15) is 0 Å². The predicted molar refractivity (Wildman–Crippen MR) is 142 cm³/mol. The molecule has 0 aromatic heterocycles. The number of benzene rings is 1. The van der Waals surface area contributed by atoms with Crippen LogP contribution in [-0.2, 0) is 35.1 Å². The highest BCUT2D eigenvalue weighted by atomic mass is 16.6. The smallest absolute Gasteiger partial charge is 0.243 e. The lowest BCUT2D eigenvalue weighted by atomic mass is 9.95. The molecular formula is C28H40N4O7. The zero-order valence-electron chi connectivity index (χ0n) is 23.0. The SMILES string of the molecule is COc1ccc(CC(NC(=O)C(C)NC(=O)CN2CCOCC2)C(=O)NC(CC2CC2)C(=O)C2(C)CO2)cc1. The summed E-state index contributed by atoms with van der Waals surface area (Å²) in [6.07, 6.45) is 2.82. The molecule has 3 amide bonds. The molecule has 11 nitrogen and oxygen atoms in total. The van der Waals surface area contributed by atoms with Crippen LogP contribution < -0.4 is 20.7 Å². The van der Waals surface area contributed by atoms with E-state index in [-0.39, 0.29) is 24.7 Å². The third-order valence-corrected chi connectivity index (χ3v) is 7.47. The monoisotopic (exact) mass is 544 g/mol. The molecule has 4 rings (SSSR count). The fourth-order valence-electron chi connectivity index (χ4n) is 4.63. The highest BCUT2D eigenvalue weighted by molar-refractivity contribution is 5.98. The first kappa shape index (κ1) is 29.0. The quantitative estimate of drug-likeness (QED) is 0.283. The average Bonchev–Trinajstić information content (AvgIpc) is 3.87. The van der Waals surface area contributed by atoms with Gasteiger partial charge in [-0.25, -0.2) is 0 Å². The van der Waals surface area contributed by atoms with Crippen molar-refractivity contribution in [1.82, 2.24) is 20.9 Å². The second kappa shape index (κ2) is 12.9. The molecule has 11 heteroatoms. The van der Waals surface area contributed by atoms with Crippen molar-refractivity contribution < 1.29 is 33.4 Å². The molecular weight excluding hydrogens is 504 g/mol. The molecule has 3 N–H and O–H groups in total. The normalized spacial score (nSPS) is 23.2. The van der Waals surface area contributed by atoms with Gasteiger partial charge in [-0.1, -0.05) is 25.0 Å². The first-order chi connectivity index (χ1) is 18.7. The van der Waals surface area contributed by atoms with E-state index in [0.717, 1.165) is 18.4 Å². The Morgan fingerprint density at radius 1 is 1.03 bits per heavy atom. The van der Waals surface area contributed by atoms with Gasteiger partial charge in [0.1, 0.15) is 23.4 Å². The molecule has 1 saturated carbocycles. The van der Waals surface area contributed by atoms with E-state index in [1.54, 1.807) is 33.1 Å². The van der Waals surface area contributed by atoms with Crippen molar-refractivity contribution >= 4 is 23.5 Å². The van der Waals surface area contributed by atoms with Crippen LogP contribution in [0.15, 0.2) is 24.3 Å². The number of ether oxygens (including phenoxy) is 3. The molecule has 2 saturated heterocycles. The maximum Gasteiger partial charge on any atom is 0.243 e. The Morgan fingerprint density at radius 2 is 1.67 bits per heavy atom. The second-order valence-electron chi connectivity index (χ2n) is 10.9. The summed E-state index contributed by atoms with van der Waals surface area (Å²) in [6.45, 7) is 6.28. The van der Waals surface area contributed by atoms with Crippen LogP contribution >= 0.6 is 0 Å². The second-order valence-corrected chi connectivity index (χ2v) is 10.9. The van der Waals surface area contributed by atoms with Gasteiger partial charge < -0.3 is 30.2 Å². The van der Waals surface area contributed by atoms with Gasteiger partial charge in [0.15, 0.2) is 5.78 Å². The van der Waals surface area contributed by atoms with Crippen LogP contribution in [0, 0.1) is 5.92 Å². The number of rotatable bonds is 14.